The van der Waals surface area contributed by atoms with Crippen molar-refractivity contribution in [3.63, 3.8) is 0 Å². The number of rotatable bonds is 2. The summed E-state index contributed by atoms with van der Waals surface area (Å²) in [7, 11) is 0. The lowest BCUT2D eigenvalue weighted by molar-refractivity contribution is -0.274. The van der Waals surface area contributed by atoms with E-state index in [2.05, 4.69) is 14.8 Å². The Hall–Kier alpha value is -2.25. The van der Waals surface area contributed by atoms with Gasteiger partial charge in [0.15, 0.2) is 0 Å². The molecule has 0 saturated carbocycles. The molecule has 0 bridgehead atoms. The number of aliphatic imine (C=N–C) groups is 1. The normalized spacial score (nSPS) is 13.0. The Kier molecular flexibility index (Phi) is 3.91. The molecule has 0 amide bonds. The van der Waals surface area contributed by atoms with E-state index in [0.717, 1.165) is 12.1 Å². The second kappa shape index (κ2) is 5.19. The number of nitrogens with two attached hydrogens (primary N) is 2. The van der Waals surface area contributed by atoms with Crippen LogP contribution in [-0.2, 0) is 0 Å². The summed E-state index contributed by atoms with van der Waals surface area (Å²) >= 11 is 0. The first-order valence-electron chi connectivity index (χ1n) is 4.34. The molecule has 0 aromatic heterocycles. The van der Waals surface area contributed by atoms with Gasteiger partial charge in [-0.05, 0) is 29.8 Å². The third-order valence-electron chi connectivity index (χ3n) is 1.59. The largest absolute Gasteiger partial charge is 0.573 e. The Morgan fingerprint density at radius 1 is 1.24 bits per heavy atom. The van der Waals surface area contributed by atoms with Crippen LogP contribution in [0.25, 0.3) is 0 Å². The standard InChI is InChI=1S/C9H9F3N4O/c10-9(11,12)17-7-3-1-6(2-4-7)5-15-8(13)16-14/h1-5H,14H2,(H2,13,16). The van der Waals surface area contributed by atoms with Crippen molar-refractivity contribution in [2.75, 3.05) is 0 Å². The summed E-state index contributed by atoms with van der Waals surface area (Å²) in [6.07, 6.45) is -3.39. The second-order valence-electron chi connectivity index (χ2n) is 2.86. The van der Waals surface area contributed by atoms with Crippen LogP contribution in [0.1, 0.15) is 5.56 Å². The Labute approximate surface area is 94.6 Å². The van der Waals surface area contributed by atoms with Crippen LogP contribution in [0.2, 0.25) is 0 Å². The fourth-order valence-electron chi connectivity index (χ4n) is 0.930. The van der Waals surface area contributed by atoms with Gasteiger partial charge in [-0.3, -0.25) is 0 Å². The van der Waals surface area contributed by atoms with E-state index in [0.29, 0.717) is 5.56 Å². The van der Waals surface area contributed by atoms with Gasteiger partial charge in [0.1, 0.15) is 5.75 Å². The number of benzene rings is 1. The fourth-order valence-corrected chi connectivity index (χ4v) is 0.930. The fraction of sp³-hybridized carbons (Fsp3) is 0.111. The predicted molar refractivity (Wildman–Crippen MR) is 56.5 cm³/mol. The van der Waals surface area contributed by atoms with Gasteiger partial charge < -0.3 is 16.3 Å². The first-order chi connectivity index (χ1) is 7.90. The Morgan fingerprint density at radius 2 is 1.82 bits per heavy atom. The molecule has 5 nitrogen and oxygen atoms in total. The lowest BCUT2D eigenvalue weighted by atomic mass is 10.2. The first-order valence-corrected chi connectivity index (χ1v) is 4.34. The molecule has 1 aromatic carbocycles. The van der Waals surface area contributed by atoms with Gasteiger partial charge in [0, 0.05) is 6.21 Å². The Morgan fingerprint density at radius 3 is 2.29 bits per heavy atom. The van der Waals surface area contributed by atoms with Crippen LogP contribution in [0.3, 0.4) is 0 Å². The number of nitrogens with zero attached hydrogens (tertiary/aromatic N) is 2. The highest BCUT2D eigenvalue weighted by Gasteiger charge is 2.30. The molecule has 8 heteroatoms. The van der Waals surface area contributed by atoms with Crippen LogP contribution >= 0.6 is 0 Å². The summed E-state index contributed by atoms with van der Waals surface area (Å²) in [5, 5.41) is 3.09. The second-order valence-corrected chi connectivity index (χ2v) is 2.86. The number of hydrogen-bond donors (Lipinski definition) is 2. The van der Waals surface area contributed by atoms with Crippen molar-refractivity contribution >= 4 is 12.2 Å². The molecular formula is C9H9F3N4O. The zero-order chi connectivity index (χ0) is 12.9. The van der Waals surface area contributed by atoms with Crippen molar-refractivity contribution in [1.82, 2.24) is 0 Å². The predicted octanol–water partition coefficient (Wildman–Crippen LogP) is 1.19. The Bertz CT molecular complexity index is 425. The van der Waals surface area contributed by atoms with Crippen molar-refractivity contribution in [1.29, 1.82) is 0 Å². The molecular weight excluding hydrogens is 237 g/mol. The minimum absolute atomic E-state index is 0.138. The molecule has 0 aliphatic carbocycles. The molecule has 0 atom stereocenters. The van der Waals surface area contributed by atoms with Crippen molar-refractivity contribution in [2.24, 2.45) is 21.7 Å². The highest BCUT2D eigenvalue weighted by molar-refractivity contribution is 5.92. The van der Waals surface area contributed by atoms with Crippen molar-refractivity contribution in [3.05, 3.63) is 29.8 Å². The van der Waals surface area contributed by atoms with Crippen molar-refractivity contribution in [3.8, 4) is 5.75 Å². The van der Waals surface area contributed by atoms with E-state index in [1.807, 2.05) is 0 Å². The molecule has 1 rings (SSSR count). The van der Waals surface area contributed by atoms with E-state index in [1.165, 1.54) is 18.3 Å². The van der Waals surface area contributed by atoms with Gasteiger partial charge in [-0.1, -0.05) is 0 Å². The maximum absolute atomic E-state index is 11.8. The third-order valence-corrected chi connectivity index (χ3v) is 1.59. The molecule has 1 aromatic rings. The van der Waals surface area contributed by atoms with Crippen molar-refractivity contribution < 1.29 is 17.9 Å². The smallest absolute Gasteiger partial charge is 0.406 e. The van der Waals surface area contributed by atoms with E-state index >= 15 is 0 Å². The molecule has 0 heterocycles. The lowest BCUT2D eigenvalue weighted by Crippen LogP contribution is -2.17. The van der Waals surface area contributed by atoms with Gasteiger partial charge in [0.05, 0.1) is 0 Å². The van der Waals surface area contributed by atoms with E-state index in [-0.39, 0.29) is 11.7 Å². The summed E-state index contributed by atoms with van der Waals surface area (Å²) in [5.74, 6) is 4.39. The SMILES string of the molecule is NN=C(N)N=Cc1ccc(OC(F)(F)F)cc1. The van der Waals surface area contributed by atoms with E-state index < -0.39 is 6.36 Å². The Balaban J connectivity index is 2.72. The molecule has 0 fully saturated rings. The summed E-state index contributed by atoms with van der Waals surface area (Å²) in [6, 6.07) is 5.08. The maximum Gasteiger partial charge on any atom is 0.573 e. The number of guanidine groups is 1. The van der Waals surface area contributed by atoms with Gasteiger partial charge in [0.25, 0.3) is 0 Å². The van der Waals surface area contributed by atoms with Crippen LogP contribution in [0.15, 0.2) is 34.4 Å². The summed E-state index contributed by atoms with van der Waals surface area (Å²) < 4.78 is 39.2. The number of alkyl halides is 3. The van der Waals surface area contributed by atoms with Gasteiger partial charge in [-0.25, -0.2) is 4.99 Å². The van der Waals surface area contributed by atoms with Crippen LogP contribution in [-0.4, -0.2) is 18.5 Å². The van der Waals surface area contributed by atoms with Crippen LogP contribution in [0.4, 0.5) is 13.2 Å². The zero-order valence-corrected chi connectivity index (χ0v) is 8.48. The minimum Gasteiger partial charge on any atom is -0.406 e. The highest BCUT2D eigenvalue weighted by Crippen LogP contribution is 2.22. The quantitative estimate of drug-likeness (QED) is 0.355. The summed E-state index contributed by atoms with van der Waals surface area (Å²) in [5.41, 5.74) is 5.72. The average molecular weight is 246 g/mol. The molecule has 0 aliphatic rings. The lowest BCUT2D eigenvalue weighted by Gasteiger charge is -2.08. The average Bonchev–Trinajstić information content (AvgIpc) is 2.25. The number of hydrogen-bond acceptors (Lipinski definition) is 3. The van der Waals surface area contributed by atoms with E-state index in [1.54, 1.807) is 0 Å². The van der Waals surface area contributed by atoms with Crippen LogP contribution < -0.4 is 16.3 Å². The minimum atomic E-state index is -4.70. The van der Waals surface area contributed by atoms with Gasteiger partial charge in [-0.15, -0.1) is 18.3 Å². The number of ether oxygens (including phenoxy) is 1. The molecule has 17 heavy (non-hydrogen) atoms. The summed E-state index contributed by atoms with van der Waals surface area (Å²) in [4.78, 5) is 3.63. The molecule has 0 radical (unpaired) electrons. The molecule has 0 saturated heterocycles. The van der Waals surface area contributed by atoms with Gasteiger partial charge in [-0.2, -0.15) is 0 Å². The molecule has 4 N–H and O–H groups in total. The maximum atomic E-state index is 11.8. The highest BCUT2D eigenvalue weighted by atomic mass is 19.4. The van der Waals surface area contributed by atoms with Crippen LogP contribution in [0, 0.1) is 0 Å². The molecule has 92 valence electrons. The number of hydrazone groups is 1. The summed E-state index contributed by atoms with van der Waals surface area (Å²) in [6.45, 7) is 0. The molecule has 0 unspecified atom stereocenters. The monoisotopic (exact) mass is 246 g/mol. The van der Waals surface area contributed by atoms with Gasteiger partial charge in [0.2, 0.25) is 5.96 Å². The van der Waals surface area contributed by atoms with Crippen LogP contribution in [0.5, 0.6) is 5.75 Å². The van der Waals surface area contributed by atoms with Gasteiger partial charge >= 0.3 is 6.36 Å². The van der Waals surface area contributed by atoms with E-state index in [9.17, 15) is 13.2 Å². The zero-order valence-electron chi connectivity index (χ0n) is 8.48. The molecule has 0 aliphatic heterocycles. The number of halogens is 3. The van der Waals surface area contributed by atoms with E-state index in [4.69, 9.17) is 11.6 Å². The molecule has 0 spiro atoms. The first kappa shape index (κ1) is 12.8. The third kappa shape index (κ3) is 4.87. The topological polar surface area (TPSA) is 86.0 Å². The van der Waals surface area contributed by atoms with Crippen molar-refractivity contribution in [2.45, 2.75) is 6.36 Å².